The molecule has 0 fully saturated rings. The predicted octanol–water partition coefficient (Wildman–Crippen LogP) is 3.51. The summed E-state index contributed by atoms with van der Waals surface area (Å²) in [7, 11) is 0. The molecule has 3 rings (SSSR count). The van der Waals surface area contributed by atoms with E-state index in [-0.39, 0.29) is 23.5 Å². The molecule has 1 N–H and O–H groups in total. The van der Waals surface area contributed by atoms with E-state index in [4.69, 9.17) is 0 Å². The summed E-state index contributed by atoms with van der Waals surface area (Å²) in [5.41, 5.74) is 2.45. The van der Waals surface area contributed by atoms with Crippen molar-refractivity contribution in [2.24, 2.45) is 5.92 Å². The van der Waals surface area contributed by atoms with Crippen LogP contribution < -0.4 is 5.32 Å². The highest BCUT2D eigenvalue weighted by molar-refractivity contribution is 6.01. The van der Waals surface area contributed by atoms with E-state index in [0.717, 1.165) is 11.1 Å². The average Bonchev–Trinajstić information content (AvgIpc) is 2.96. The molecule has 2 amide bonds. The molecule has 0 aromatic heterocycles. The van der Waals surface area contributed by atoms with E-state index in [2.05, 4.69) is 5.32 Å². The zero-order valence-electron chi connectivity index (χ0n) is 15.0. The van der Waals surface area contributed by atoms with Crippen molar-refractivity contribution in [3.8, 4) is 0 Å². The molecule has 5 heteroatoms. The number of benzene rings is 2. The van der Waals surface area contributed by atoms with Crippen molar-refractivity contribution in [3.05, 3.63) is 71.0 Å². The topological polar surface area (TPSA) is 49.4 Å². The maximum atomic E-state index is 13.0. The van der Waals surface area contributed by atoms with Gasteiger partial charge in [0.25, 0.3) is 5.91 Å². The molecule has 0 bridgehead atoms. The first-order valence-corrected chi connectivity index (χ1v) is 8.86. The second-order valence-electron chi connectivity index (χ2n) is 7.08. The van der Waals surface area contributed by atoms with Gasteiger partial charge in [-0.05, 0) is 41.7 Å². The average molecular weight is 354 g/mol. The Bertz CT molecular complexity index is 802. The second kappa shape index (κ2) is 7.68. The maximum Gasteiger partial charge on any atom is 0.255 e. The largest absolute Gasteiger partial charge is 0.350 e. The monoisotopic (exact) mass is 354 g/mol. The molecule has 0 spiro atoms. The highest BCUT2D eigenvalue weighted by Crippen LogP contribution is 2.26. The van der Waals surface area contributed by atoms with Crippen LogP contribution in [0.4, 0.5) is 4.39 Å². The summed E-state index contributed by atoms with van der Waals surface area (Å²) < 4.78 is 13.0. The van der Waals surface area contributed by atoms with Gasteiger partial charge in [-0.1, -0.05) is 44.2 Å². The van der Waals surface area contributed by atoms with E-state index in [1.165, 1.54) is 12.1 Å². The Balaban J connectivity index is 1.72. The first-order valence-electron chi connectivity index (χ1n) is 8.86. The zero-order valence-corrected chi connectivity index (χ0v) is 15.0. The lowest BCUT2D eigenvalue weighted by Gasteiger charge is -2.28. The minimum absolute atomic E-state index is 0.0943. The Morgan fingerprint density at radius 2 is 1.85 bits per heavy atom. The van der Waals surface area contributed by atoms with Crippen molar-refractivity contribution < 1.29 is 14.0 Å². The van der Waals surface area contributed by atoms with Crippen molar-refractivity contribution in [2.75, 3.05) is 0 Å². The van der Waals surface area contributed by atoms with Gasteiger partial charge in [0.2, 0.25) is 5.91 Å². The van der Waals surface area contributed by atoms with Crippen LogP contribution in [0.5, 0.6) is 0 Å². The summed E-state index contributed by atoms with van der Waals surface area (Å²) in [5.74, 6) is -0.307. The van der Waals surface area contributed by atoms with Crippen LogP contribution >= 0.6 is 0 Å². The van der Waals surface area contributed by atoms with E-state index in [9.17, 15) is 14.0 Å². The van der Waals surface area contributed by atoms with Crippen LogP contribution in [0.3, 0.4) is 0 Å². The Morgan fingerprint density at radius 1 is 1.15 bits per heavy atom. The number of carbonyl (C=O) groups is 2. The lowest BCUT2D eigenvalue weighted by atomic mass is 10.0. The van der Waals surface area contributed by atoms with Crippen LogP contribution in [0.25, 0.3) is 0 Å². The Kier molecular flexibility index (Phi) is 5.35. The summed E-state index contributed by atoms with van der Waals surface area (Å²) in [6.45, 7) is 4.83. The summed E-state index contributed by atoms with van der Waals surface area (Å²) in [6, 6.07) is 13.0. The third kappa shape index (κ3) is 3.93. The van der Waals surface area contributed by atoms with Crippen molar-refractivity contribution in [3.63, 3.8) is 0 Å². The predicted molar refractivity (Wildman–Crippen MR) is 97.8 cm³/mol. The number of nitrogens with zero attached hydrogens (tertiary/aromatic N) is 1. The van der Waals surface area contributed by atoms with E-state index >= 15 is 0 Å². The van der Waals surface area contributed by atoms with Gasteiger partial charge in [-0.3, -0.25) is 9.59 Å². The summed E-state index contributed by atoms with van der Waals surface area (Å²) in [6.07, 6.45) is 0.592. The summed E-state index contributed by atoms with van der Waals surface area (Å²) in [5, 5.41) is 2.89. The van der Waals surface area contributed by atoms with Gasteiger partial charge < -0.3 is 10.2 Å². The van der Waals surface area contributed by atoms with Gasteiger partial charge in [0, 0.05) is 18.7 Å². The number of hydrogen-bond acceptors (Lipinski definition) is 2. The zero-order chi connectivity index (χ0) is 18.7. The van der Waals surface area contributed by atoms with Crippen molar-refractivity contribution in [2.45, 2.75) is 39.4 Å². The molecule has 1 heterocycles. The normalized spacial score (nSPS) is 14.5. The minimum Gasteiger partial charge on any atom is -0.350 e. The summed E-state index contributed by atoms with van der Waals surface area (Å²) in [4.78, 5) is 27.2. The van der Waals surface area contributed by atoms with E-state index in [1.807, 2.05) is 32.0 Å². The van der Waals surface area contributed by atoms with Crippen LogP contribution in [0.2, 0.25) is 0 Å². The van der Waals surface area contributed by atoms with Crippen molar-refractivity contribution in [1.82, 2.24) is 10.2 Å². The molecule has 2 aromatic carbocycles. The summed E-state index contributed by atoms with van der Waals surface area (Å²) >= 11 is 0. The third-order valence-corrected chi connectivity index (χ3v) is 4.60. The van der Waals surface area contributed by atoms with Gasteiger partial charge in [0.1, 0.15) is 11.9 Å². The Labute approximate surface area is 153 Å². The Morgan fingerprint density at radius 3 is 2.50 bits per heavy atom. The highest BCUT2D eigenvalue weighted by Gasteiger charge is 2.36. The van der Waals surface area contributed by atoms with Crippen LogP contribution in [-0.4, -0.2) is 22.8 Å². The number of carbonyl (C=O) groups excluding carboxylic acids is 2. The van der Waals surface area contributed by atoms with E-state index < -0.39 is 6.04 Å². The van der Waals surface area contributed by atoms with Crippen LogP contribution in [0.15, 0.2) is 48.5 Å². The Hall–Kier alpha value is -2.69. The first-order chi connectivity index (χ1) is 12.5. The highest BCUT2D eigenvalue weighted by atomic mass is 19.1. The van der Waals surface area contributed by atoms with Crippen LogP contribution in [-0.2, 0) is 17.9 Å². The smallest absolute Gasteiger partial charge is 0.255 e. The van der Waals surface area contributed by atoms with Gasteiger partial charge in [-0.2, -0.15) is 0 Å². The number of fused-ring (bicyclic) bond motifs is 1. The lowest BCUT2D eigenvalue weighted by Crippen LogP contribution is -2.47. The van der Waals surface area contributed by atoms with Crippen molar-refractivity contribution >= 4 is 11.8 Å². The van der Waals surface area contributed by atoms with Crippen LogP contribution in [0, 0.1) is 11.7 Å². The molecule has 136 valence electrons. The molecule has 0 radical (unpaired) electrons. The number of rotatable bonds is 6. The second-order valence-corrected chi connectivity index (χ2v) is 7.08. The van der Waals surface area contributed by atoms with E-state index in [1.54, 1.807) is 23.1 Å². The van der Waals surface area contributed by atoms with Crippen molar-refractivity contribution in [1.29, 1.82) is 0 Å². The fourth-order valence-electron chi connectivity index (χ4n) is 3.26. The van der Waals surface area contributed by atoms with Gasteiger partial charge in [-0.15, -0.1) is 0 Å². The van der Waals surface area contributed by atoms with Gasteiger partial charge in [0.15, 0.2) is 0 Å². The molecule has 1 aliphatic rings. The number of hydrogen-bond donors (Lipinski definition) is 1. The molecule has 4 nitrogen and oxygen atoms in total. The van der Waals surface area contributed by atoms with Gasteiger partial charge in [0.05, 0.1) is 0 Å². The number of halogens is 1. The fraction of sp³-hybridized carbons (Fsp3) is 0.333. The molecule has 26 heavy (non-hydrogen) atoms. The molecular formula is C21H23FN2O2. The molecule has 0 saturated carbocycles. The number of nitrogens with one attached hydrogen (secondary N) is 1. The number of amides is 2. The molecule has 1 atom stereocenters. The quantitative estimate of drug-likeness (QED) is 0.863. The fourth-order valence-corrected chi connectivity index (χ4v) is 3.26. The molecular weight excluding hydrogens is 331 g/mol. The van der Waals surface area contributed by atoms with Gasteiger partial charge >= 0.3 is 0 Å². The molecule has 0 aliphatic carbocycles. The molecule has 0 unspecified atom stereocenters. The maximum absolute atomic E-state index is 13.0. The standard InChI is InChI=1S/C21H23FN2O2/c1-14(2)11-19(20(25)23-12-15-7-9-17(22)10-8-15)24-13-16-5-3-4-6-18(16)21(24)26/h3-10,14,19H,11-13H2,1-2H3,(H,23,25)/t19-/m0/s1. The van der Waals surface area contributed by atoms with E-state index in [0.29, 0.717) is 25.1 Å². The molecule has 2 aromatic rings. The van der Waals surface area contributed by atoms with Gasteiger partial charge in [-0.25, -0.2) is 4.39 Å². The molecule has 1 aliphatic heterocycles. The molecule has 0 saturated heterocycles. The lowest BCUT2D eigenvalue weighted by molar-refractivity contribution is -0.126. The third-order valence-electron chi connectivity index (χ3n) is 4.60. The SMILES string of the molecule is CC(C)C[C@@H](C(=O)NCc1ccc(F)cc1)N1Cc2ccccc2C1=O. The minimum atomic E-state index is -0.518. The first kappa shape index (κ1) is 18.1. The van der Waals surface area contributed by atoms with Crippen LogP contribution in [0.1, 0.15) is 41.8 Å².